The van der Waals surface area contributed by atoms with Gasteiger partial charge in [-0.2, -0.15) is 0 Å². The van der Waals surface area contributed by atoms with Crippen molar-refractivity contribution >= 4 is 22.2 Å². The summed E-state index contributed by atoms with van der Waals surface area (Å²) in [6.07, 6.45) is 0.717. The van der Waals surface area contributed by atoms with E-state index in [1.165, 1.54) is 19.2 Å². The number of halogens is 2. The van der Waals surface area contributed by atoms with Gasteiger partial charge in [-0.1, -0.05) is 12.1 Å². The number of carbonyl (C=O) groups excluding carboxylic acids is 1. The molecule has 2 rings (SSSR count). The molecule has 0 aliphatic carbocycles. The van der Waals surface area contributed by atoms with E-state index in [1.807, 2.05) is 0 Å². The van der Waals surface area contributed by atoms with Gasteiger partial charge in [-0.05, 0) is 45.8 Å². The van der Waals surface area contributed by atoms with Crippen LogP contribution in [0.25, 0.3) is 0 Å². The summed E-state index contributed by atoms with van der Waals surface area (Å²) >= 11 is 3.32. The highest BCUT2D eigenvalue weighted by atomic mass is 79.9. The third-order valence-electron chi connectivity index (χ3n) is 2.72. The summed E-state index contributed by atoms with van der Waals surface area (Å²) in [5.74, 6) is 0.179. The number of hydrogen-bond acceptors (Lipinski definition) is 3. The molecule has 2 aromatic rings. The number of aldehydes is 1. The van der Waals surface area contributed by atoms with Crippen molar-refractivity contribution in [1.82, 2.24) is 0 Å². The van der Waals surface area contributed by atoms with Crippen LogP contribution in [0.15, 0.2) is 40.9 Å². The Morgan fingerprint density at radius 1 is 1.30 bits per heavy atom. The van der Waals surface area contributed by atoms with Crippen LogP contribution in [-0.2, 0) is 6.61 Å². The number of methoxy groups -OCH3 is 1. The van der Waals surface area contributed by atoms with E-state index in [0.29, 0.717) is 27.6 Å². The molecule has 0 bridgehead atoms. The van der Waals surface area contributed by atoms with Crippen LogP contribution in [0.4, 0.5) is 4.39 Å². The smallest absolute Gasteiger partial charge is 0.165 e. The first-order chi connectivity index (χ1) is 9.65. The molecule has 0 radical (unpaired) electrons. The van der Waals surface area contributed by atoms with E-state index in [4.69, 9.17) is 9.47 Å². The maximum Gasteiger partial charge on any atom is 0.165 e. The lowest BCUT2D eigenvalue weighted by Gasteiger charge is -2.11. The summed E-state index contributed by atoms with van der Waals surface area (Å²) in [5.41, 5.74) is 1.09. The van der Waals surface area contributed by atoms with Crippen molar-refractivity contribution in [3.8, 4) is 11.5 Å². The molecule has 5 heteroatoms. The molecular weight excluding hydrogens is 327 g/mol. The average Bonchev–Trinajstić information content (AvgIpc) is 2.46. The van der Waals surface area contributed by atoms with E-state index in [1.54, 1.807) is 24.3 Å². The SMILES string of the molecule is COc1ccc(COc2c(Br)cccc2C=O)cc1F. The Morgan fingerprint density at radius 3 is 2.75 bits per heavy atom. The normalized spacial score (nSPS) is 10.2. The predicted molar refractivity (Wildman–Crippen MR) is 76.8 cm³/mol. The predicted octanol–water partition coefficient (Wildman–Crippen LogP) is 3.99. The fraction of sp³-hybridized carbons (Fsp3) is 0.133. The Hall–Kier alpha value is -1.88. The molecule has 0 amide bonds. The monoisotopic (exact) mass is 338 g/mol. The first kappa shape index (κ1) is 14.5. The lowest BCUT2D eigenvalue weighted by atomic mass is 10.2. The van der Waals surface area contributed by atoms with Gasteiger partial charge in [0.2, 0.25) is 0 Å². The summed E-state index contributed by atoms with van der Waals surface area (Å²) in [4.78, 5) is 11.0. The zero-order valence-corrected chi connectivity index (χ0v) is 12.3. The second-order valence-corrected chi connectivity index (χ2v) is 4.89. The van der Waals surface area contributed by atoms with E-state index in [-0.39, 0.29) is 12.4 Å². The van der Waals surface area contributed by atoms with Crippen LogP contribution in [0.1, 0.15) is 15.9 Å². The Labute approximate surface area is 124 Å². The van der Waals surface area contributed by atoms with Gasteiger partial charge < -0.3 is 9.47 Å². The third kappa shape index (κ3) is 3.17. The molecule has 0 atom stereocenters. The molecule has 0 aromatic heterocycles. The van der Waals surface area contributed by atoms with Gasteiger partial charge in [0.15, 0.2) is 17.9 Å². The van der Waals surface area contributed by atoms with Crippen LogP contribution < -0.4 is 9.47 Å². The molecule has 0 unspecified atom stereocenters. The van der Waals surface area contributed by atoms with Gasteiger partial charge in [-0.3, -0.25) is 4.79 Å². The molecule has 0 heterocycles. The molecule has 0 aliphatic rings. The van der Waals surface area contributed by atoms with E-state index >= 15 is 0 Å². The molecule has 0 aliphatic heterocycles. The van der Waals surface area contributed by atoms with Gasteiger partial charge in [-0.25, -0.2) is 4.39 Å². The van der Waals surface area contributed by atoms with Crippen molar-refractivity contribution in [2.75, 3.05) is 7.11 Å². The maximum atomic E-state index is 13.6. The number of para-hydroxylation sites is 1. The highest BCUT2D eigenvalue weighted by Crippen LogP contribution is 2.29. The molecule has 0 N–H and O–H groups in total. The molecule has 2 aromatic carbocycles. The van der Waals surface area contributed by atoms with Gasteiger partial charge in [0, 0.05) is 0 Å². The molecule has 0 spiro atoms. The van der Waals surface area contributed by atoms with E-state index in [2.05, 4.69) is 15.9 Å². The van der Waals surface area contributed by atoms with Crippen molar-refractivity contribution < 1.29 is 18.7 Å². The Balaban J connectivity index is 2.17. The maximum absolute atomic E-state index is 13.6. The quantitative estimate of drug-likeness (QED) is 0.773. The molecular formula is C15H12BrFO3. The zero-order valence-electron chi connectivity index (χ0n) is 10.7. The van der Waals surface area contributed by atoms with Gasteiger partial charge in [0.25, 0.3) is 0 Å². The fourth-order valence-corrected chi connectivity index (χ4v) is 2.22. The van der Waals surface area contributed by atoms with Gasteiger partial charge >= 0.3 is 0 Å². The highest BCUT2D eigenvalue weighted by molar-refractivity contribution is 9.10. The van der Waals surface area contributed by atoms with Gasteiger partial charge in [0.05, 0.1) is 17.1 Å². The first-order valence-corrected chi connectivity index (χ1v) is 6.64. The molecule has 3 nitrogen and oxygen atoms in total. The standard InChI is InChI=1S/C15H12BrFO3/c1-19-14-6-5-10(7-13(14)17)9-20-15-11(8-18)3-2-4-12(15)16/h2-8H,9H2,1H3. The zero-order chi connectivity index (χ0) is 14.5. The first-order valence-electron chi connectivity index (χ1n) is 5.84. The summed E-state index contributed by atoms with van der Waals surface area (Å²) in [6, 6.07) is 9.76. The van der Waals surface area contributed by atoms with Crippen molar-refractivity contribution in [1.29, 1.82) is 0 Å². The summed E-state index contributed by atoms with van der Waals surface area (Å²) < 4.78 is 24.7. The van der Waals surface area contributed by atoms with Gasteiger partial charge in [0.1, 0.15) is 12.4 Å². The summed E-state index contributed by atoms with van der Waals surface area (Å²) in [5, 5.41) is 0. The number of hydrogen-bond donors (Lipinski definition) is 0. The third-order valence-corrected chi connectivity index (χ3v) is 3.35. The topological polar surface area (TPSA) is 35.5 Å². The van der Waals surface area contributed by atoms with Crippen LogP contribution in [0, 0.1) is 5.82 Å². The number of rotatable bonds is 5. The minimum atomic E-state index is -0.448. The lowest BCUT2D eigenvalue weighted by molar-refractivity contribution is 0.111. The van der Waals surface area contributed by atoms with E-state index < -0.39 is 5.82 Å². The molecule has 0 saturated carbocycles. The lowest BCUT2D eigenvalue weighted by Crippen LogP contribution is -2.00. The average molecular weight is 339 g/mol. The molecule has 0 fully saturated rings. The van der Waals surface area contributed by atoms with Crippen molar-refractivity contribution in [3.63, 3.8) is 0 Å². The number of carbonyl (C=O) groups is 1. The van der Waals surface area contributed by atoms with Crippen molar-refractivity contribution in [2.45, 2.75) is 6.61 Å². The fourth-order valence-electron chi connectivity index (χ4n) is 1.73. The second kappa shape index (κ2) is 6.52. The highest BCUT2D eigenvalue weighted by Gasteiger charge is 2.09. The Morgan fingerprint density at radius 2 is 2.10 bits per heavy atom. The summed E-state index contributed by atoms with van der Waals surface area (Å²) in [7, 11) is 1.41. The minimum Gasteiger partial charge on any atom is -0.494 e. The van der Waals surface area contributed by atoms with Gasteiger partial charge in [-0.15, -0.1) is 0 Å². The minimum absolute atomic E-state index is 0.157. The van der Waals surface area contributed by atoms with Crippen LogP contribution in [0.5, 0.6) is 11.5 Å². The summed E-state index contributed by atoms with van der Waals surface area (Å²) in [6.45, 7) is 0.157. The van der Waals surface area contributed by atoms with Crippen LogP contribution in [-0.4, -0.2) is 13.4 Å². The second-order valence-electron chi connectivity index (χ2n) is 4.03. The largest absolute Gasteiger partial charge is 0.494 e. The van der Waals surface area contributed by atoms with Crippen LogP contribution in [0.3, 0.4) is 0 Å². The molecule has 104 valence electrons. The van der Waals surface area contributed by atoms with Crippen molar-refractivity contribution in [3.05, 3.63) is 57.8 Å². The number of benzene rings is 2. The van der Waals surface area contributed by atoms with Crippen LogP contribution >= 0.6 is 15.9 Å². The Bertz CT molecular complexity index is 629. The number of ether oxygens (including phenoxy) is 2. The van der Waals surface area contributed by atoms with Crippen molar-refractivity contribution in [2.24, 2.45) is 0 Å². The Kier molecular flexibility index (Phi) is 4.74. The van der Waals surface area contributed by atoms with E-state index in [9.17, 15) is 9.18 Å². The van der Waals surface area contributed by atoms with E-state index in [0.717, 1.165) is 0 Å². The van der Waals surface area contributed by atoms with Crippen LogP contribution in [0.2, 0.25) is 0 Å². The molecule has 20 heavy (non-hydrogen) atoms. The molecule has 0 saturated heterocycles.